The van der Waals surface area contributed by atoms with E-state index in [9.17, 15) is 4.79 Å². The number of nitrogens with zero attached hydrogens (tertiary/aromatic N) is 3. The summed E-state index contributed by atoms with van der Waals surface area (Å²) < 4.78 is 1.91. The van der Waals surface area contributed by atoms with Crippen LogP contribution in [-0.4, -0.2) is 46.3 Å². The number of aromatic nitrogens is 2. The number of likely N-dealkylation sites (tertiary alicyclic amines) is 1. The molecule has 2 heterocycles. The molecule has 1 saturated heterocycles. The van der Waals surface area contributed by atoms with E-state index in [1.54, 1.807) is 6.20 Å². The summed E-state index contributed by atoms with van der Waals surface area (Å²) in [6.07, 6.45) is 6.27. The summed E-state index contributed by atoms with van der Waals surface area (Å²) in [6.45, 7) is 11.9. The molecule has 1 amide bonds. The topological polar surface area (TPSA) is 50.2 Å². The molecule has 1 aliphatic heterocycles. The van der Waals surface area contributed by atoms with Crippen molar-refractivity contribution in [3.8, 4) is 5.69 Å². The molecule has 0 saturated carbocycles. The summed E-state index contributed by atoms with van der Waals surface area (Å²) in [5.74, 6) is 0.217. The summed E-state index contributed by atoms with van der Waals surface area (Å²) in [5, 5.41) is 7.81. The predicted octanol–water partition coefficient (Wildman–Crippen LogP) is 4.30. The van der Waals surface area contributed by atoms with E-state index in [0.29, 0.717) is 5.56 Å². The maximum atomic E-state index is 13.0. The fourth-order valence-electron chi connectivity index (χ4n) is 3.93. The number of amides is 1. The fourth-order valence-corrected chi connectivity index (χ4v) is 3.93. The maximum absolute atomic E-state index is 13.0. The molecule has 0 bridgehead atoms. The first-order valence-electron chi connectivity index (χ1n) is 10.7. The molecule has 1 N–H and O–H groups in total. The van der Waals surface area contributed by atoms with E-state index in [0.717, 1.165) is 37.3 Å². The second-order valence-corrected chi connectivity index (χ2v) is 8.29. The van der Waals surface area contributed by atoms with Crippen molar-refractivity contribution in [1.82, 2.24) is 20.0 Å². The number of piperidine rings is 1. The van der Waals surface area contributed by atoms with Crippen LogP contribution in [0.1, 0.15) is 74.0 Å². The Labute approximate surface area is 169 Å². The highest BCUT2D eigenvalue weighted by Gasteiger charge is 2.25. The average molecular weight is 383 g/mol. The number of hydrogen-bond acceptors (Lipinski definition) is 3. The molecule has 28 heavy (non-hydrogen) atoms. The van der Waals surface area contributed by atoms with Gasteiger partial charge in [-0.25, -0.2) is 4.68 Å². The molecule has 0 aliphatic carbocycles. The SMILES string of the molecule is CCCCN1CCC(NC(=O)c2cnn(-c3ccc(C)cc3)c2C(C)C)CC1. The minimum absolute atomic E-state index is 0.00840. The van der Waals surface area contributed by atoms with Gasteiger partial charge in [0.25, 0.3) is 5.91 Å². The summed E-state index contributed by atoms with van der Waals surface area (Å²) in [7, 11) is 0. The van der Waals surface area contributed by atoms with Crippen molar-refractivity contribution in [3.05, 3.63) is 47.3 Å². The van der Waals surface area contributed by atoms with Gasteiger partial charge in [-0.05, 0) is 50.8 Å². The molecule has 3 rings (SSSR count). The molecule has 0 unspecified atom stereocenters. The van der Waals surface area contributed by atoms with Gasteiger partial charge in [-0.2, -0.15) is 5.10 Å². The third-order valence-electron chi connectivity index (χ3n) is 5.63. The lowest BCUT2D eigenvalue weighted by Gasteiger charge is -2.32. The molecule has 152 valence electrons. The first-order chi connectivity index (χ1) is 13.5. The molecule has 0 atom stereocenters. The number of rotatable bonds is 7. The number of hydrogen-bond donors (Lipinski definition) is 1. The van der Waals surface area contributed by atoms with Crippen LogP contribution in [0.25, 0.3) is 5.69 Å². The number of carbonyl (C=O) groups excluding carboxylic acids is 1. The largest absolute Gasteiger partial charge is 0.349 e. The molecule has 2 aromatic rings. The van der Waals surface area contributed by atoms with Crippen LogP contribution >= 0.6 is 0 Å². The Balaban J connectivity index is 1.70. The maximum Gasteiger partial charge on any atom is 0.255 e. The Hall–Kier alpha value is -2.14. The van der Waals surface area contributed by atoms with Gasteiger partial charge in [0, 0.05) is 19.1 Å². The third kappa shape index (κ3) is 4.82. The normalized spacial score (nSPS) is 15.9. The molecular weight excluding hydrogens is 348 g/mol. The molecule has 1 fully saturated rings. The van der Waals surface area contributed by atoms with E-state index in [4.69, 9.17) is 0 Å². The van der Waals surface area contributed by atoms with Gasteiger partial charge in [-0.15, -0.1) is 0 Å². The monoisotopic (exact) mass is 382 g/mol. The highest BCUT2D eigenvalue weighted by molar-refractivity contribution is 5.95. The zero-order valence-corrected chi connectivity index (χ0v) is 17.7. The van der Waals surface area contributed by atoms with Crippen LogP contribution in [0.2, 0.25) is 0 Å². The molecule has 0 radical (unpaired) electrons. The van der Waals surface area contributed by atoms with E-state index < -0.39 is 0 Å². The van der Waals surface area contributed by atoms with Crippen LogP contribution in [0.15, 0.2) is 30.5 Å². The quantitative estimate of drug-likeness (QED) is 0.777. The van der Waals surface area contributed by atoms with Crippen molar-refractivity contribution >= 4 is 5.91 Å². The predicted molar refractivity (Wildman–Crippen MR) is 114 cm³/mol. The highest BCUT2D eigenvalue weighted by atomic mass is 16.1. The van der Waals surface area contributed by atoms with Crippen molar-refractivity contribution in [2.75, 3.05) is 19.6 Å². The van der Waals surface area contributed by atoms with E-state index in [-0.39, 0.29) is 17.9 Å². The summed E-state index contributed by atoms with van der Waals surface area (Å²) in [6, 6.07) is 8.53. The number of carbonyl (C=O) groups is 1. The summed E-state index contributed by atoms with van der Waals surface area (Å²) in [4.78, 5) is 15.5. The fraction of sp³-hybridized carbons (Fsp3) is 0.565. The smallest absolute Gasteiger partial charge is 0.255 e. The van der Waals surface area contributed by atoms with Crippen LogP contribution in [0.5, 0.6) is 0 Å². The second kappa shape index (κ2) is 9.37. The molecular formula is C23H34N4O. The van der Waals surface area contributed by atoms with Crippen molar-refractivity contribution in [1.29, 1.82) is 0 Å². The van der Waals surface area contributed by atoms with Crippen LogP contribution in [0.3, 0.4) is 0 Å². The Morgan fingerprint density at radius 2 is 1.89 bits per heavy atom. The van der Waals surface area contributed by atoms with Crippen molar-refractivity contribution in [2.45, 2.75) is 65.3 Å². The molecule has 5 nitrogen and oxygen atoms in total. The molecule has 5 heteroatoms. The zero-order valence-electron chi connectivity index (χ0n) is 17.7. The Morgan fingerprint density at radius 3 is 2.50 bits per heavy atom. The standard InChI is InChI=1S/C23H34N4O/c1-5-6-13-26-14-11-19(12-15-26)25-23(28)21-16-24-27(22(21)17(2)3)20-9-7-18(4)8-10-20/h7-10,16-17,19H,5-6,11-15H2,1-4H3,(H,25,28). The first-order valence-corrected chi connectivity index (χ1v) is 10.7. The van der Waals surface area contributed by atoms with Gasteiger partial charge in [0.1, 0.15) is 0 Å². The minimum Gasteiger partial charge on any atom is -0.349 e. The van der Waals surface area contributed by atoms with E-state index in [2.05, 4.69) is 67.3 Å². The van der Waals surface area contributed by atoms with Gasteiger partial charge in [-0.1, -0.05) is 44.9 Å². The van der Waals surface area contributed by atoms with Crippen molar-refractivity contribution in [3.63, 3.8) is 0 Å². The van der Waals surface area contributed by atoms with Crippen molar-refractivity contribution in [2.24, 2.45) is 0 Å². The lowest BCUT2D eigenvalue weighted by Crippen LogP contribution is -2.45. The average Bonchev–Trinajstić information content (AvgIpc) is 3.13. The Kier molecular flexibility index (Phi) is 6.89. The lowest BCUT2D eigenvalue weighted by atomic mass is 10.0. The zero-order chi connectivity index (χ0) is 20.1. The molecule has 1 aliphatic rings. The van der Waals surface area contributed by atoms with E-state index in [1.807, 2.05) is 4.68 Å². The van der Waals surface area contributed by atoms with Crippen LogP contribution in [-0.2, 0) is 0 Å². The summed E-state index contributed by atoms with van der Waals surface area (Å²) >= 11 is 0. The van der Waals surface area contributed by atoms with Gasteiger partial charge in [0.15, 0.2) is 0 Å². The van der Waals surface area contributed by atoms with E-state index >= 15 is 0 Å². The van der Waals surface area contributed by atoms with E-state index in [1.165, 1.54) is 24.9 Å². The molecule has 0 spiro atoms. The third-order valence-corrected chi connectivity index (χ3v) is 5.63. The number of benzene rings is 1. The number of aryl methyl sites for hydroxylation is 1. The first kappa shape index (κ1) is 20.6. The van der Waals surface area contributed by atoms with Crippen molar-refractivity contribution < 1.29 is 4.79 Å². The van der Waals surface area contributed by atoms with Gasteiger partial charge in [0.2, 0.25) is 0 Å². The van der Waals surface area contributed by atoms with Gasteiger partial charge in [-0.3, -0.25) is 4.79 Å². The van der Waals surface area contributed by atoms with Gasteiger partial charge < -0.3 is 10.2 Å². The second-order valence-electron chi connectivity index (χ2n) is 8.29. The van der Waals surface area contributed by atoms with Gasteiger partial charge in [0.05, 0.1) is 23.1 Å². The van der Waals surface area contributed by atoms with Crippen LogP contribution < -0.4 is 5.32 Å². The molecule has 1 aromatic carbocycles. The van der Waals surface area contributed by atoms with Gasteiger partial charge >= 0.3 is 0 Å². The lowest BCUT2D eigenvalue weighted by molar-refractivity contribution is 0.0909. The Morgan fingerprint density at radius 1 is 1.21 bits per heavy atom. The van der Waals surface area contributed by atoms with Crippen LogP contribution in [0, 0.1) is 6.92 Å². The highest BCUT2D eigenvalue weighted by Crippen LogP contribution is 2.24. The van der Waals surface area contributed by atoms with Crippen LogP contribution in [0.4, 0.5) is 0 Å². The molecule has 1 aromatic heterocycles. The summed E-state index contributed by atoms with van der Waals surface area (Å²) in [5.41, 5.74) is 3.88. The minimum atomic E-state index is 0.00840. The Bertz CT molecular complexity index is 770. The number of unbranched alkanes of at least 4 members (excludes halogenated alkanes) is 1. The number of nitrogens with one attached hydrogen (secondary N) is 1.